The Morgan fingerprint density at radius 2 is 0.984 bits per heavy atom. The van der Waals surface area contributed by atoms with E-state index < -0.39 is 0 Å². The number of fused-ring (bicyclic) bond motifs is 7. The van der Waals surface area contributed by atoms with Crippen LogP contribution < -0.4 is 14.7 Å². The third kappa shape index (κ3) is 6.03. The van der Waals surface area contributed by atoms with Crippen molar-refractivity contribution in [2.24, 2.45) is 0 Å². The minimum atomic E-state index is -0.208. The van der Waals surface area contributed by atoms with Gasteiger partial charge in [-0.05, 0) is 122 Å². The molecular formula is C60H45N3. The first kappa shape index (κ1) is 36.9. The van der Waals surface area contributed by atoms with Crippen LogP contribution in [0.4, 0.5) is 39.8 Å². The van der Waals surface area contributed by atoms with Crippen LogP contribution in [0.2, 0.25) is 0 Å². The summed E-state index contributed by atoms with van der Waals surface area (Å²) in [6.45, 7) is 5.47. The number of hydrogen-bond donors (Lipinski definition) is 0. The van der Waals surface area contributed by atoms with Crippen LogP contribution in [0.25, 0.3) is 54.9 Å². The second kappa shape index (κ2) is 14.6. The van der Waals surface area contributed by atoms with Gasteiger partial charge >= 0.3 is 0 Å². The average molecular weight is 808 g/mol. The third-order valence-electron chi connectivity index (χ3n) is 13.4. The summed E-state index contributed by atoms with van der Waals surface area (Å²) in [4.78, 5) is 7.46. The molecule has 0 N–H and O–H groups in total. The molecule has 300 valence electrons. The topological polar surface area (TPSA) is 9.72 Å². The Morgan fingerprint density at radius 1 is 0.397 bits per heavy atom. The summed E-state index contributed by atoms with van der Waals surface area (Å²) in [6.07, 6.45) is 0. The Kier molecular flexibility index (Phi) is 8.58. The van der Waals surface area contributed by atoms with Gasteiger partial charge in [0.25, 0.3) is 0 Å². The molecule has 2 aliphatic rings. The summed E-state index contributed by atoms with van der Waals surface area (Å²) in [7, 11) is 0. The maximum atomic E-state index is 2.51. The van der Waals surface area contributed by atoms with Crippen molar-refractivity contribution in [1.29, 1.82) is 0 Å². The van der Waals surface area contributed by atoms with E-state index in [0.29, 0.717) is 6.67 Å². The van der Waals surface area contributed by atoms with Gasteiger partial charge in [-0.15, -0.1) is 0 Å². The summed E-state index contributed by atoms with van der Waals surface area (Å²) in [5.74, 6) is 0. The van der Waals surface area contributed by atoms with Crippen LogP contribution in [0.3, 0.4) is 0 Å². The maximum absolute atomic E-state index is 2.51. The molecular weight excluding hydrogens is 763 g/mol. The number of anilines is 7. The molecule has 0 radical (unpaired) electrons. The molecule has 0 saturated heterocycles. The van der Waals surface area contributed by atoms with Gasteiger partial charge in [0.1, 0.15) is 6.67 Å². The van der Waals surface area contributed by atoms with Gasteiger partial charge in [-0.3, -0.25) is 0 Å². The summed E-state index contributed by atoms with van der Waals surface area (Å²) >= 11 is 0. The van der Waals surface area contributed by atoms with E-state index in [1.807, 2.05) is 0 Å². The van der Waals surface area contributed by atoms with Gasteiger partial charge in [0, 0.05) is 39.3 Å². The van der Waals surface area contributed by atoms with Crippen LogP contribution in [0.15, 0.2) is 224 Å². The van der Waals surface area contributed by atoms with Gasteiger partial charge < -0.3 is 14.7 Å². The first-order valence-corrected chi connectivity index (χ1v) is 22.0. The molecule has 1 aliphatic heterocycles. The molecule has 0 aromatic heterocycles. The lowest BCUT2D eigenvalue weighted by molar-refractivity contribution is 0.660. The summed E-state index contributed by atoms with van der Waals surface area (Å²) < 4.78 is 0. The van der Waals surface area contributed by atoms with Crippen molar-refractivity contribution in [1.82, 2.24) is 0 Å². The maximum Gasteiger partial charge on any atom is 0.100 e. The highest BCUT2D eigenvalue weighted by Crippen LogP contribution is 2.57. The van der Waals surface area contributed by atoms with Gasteiger partial charge in [-0.25, -0.2) is 0 Å². The normalized spacial score (nSPS) is 13.6. The van der Waals surface area contributed by atoms with E-state index in [0.717, 1.165) is 22.7 Å². The molecule has 0 fully saturated rings. The molecule has 0 atom stereocenters. The van der Waals surface area contributed by atoms with Crippen LogP contribution >= 0.6 is 0 Å². The highest BCUT2D eigenvalue weighted by molar-refractivity contribution is 6.10. The fraction of sp³-hybridized carbons (Fsp3) is 0.0667. The smallest absolute Gasteiger partial charge is 0.100 e. The SMILES string of the molecule is CC1(C)c2ccccc2-c2cc(-c3cccc4c3N(c3ccccc3)CN4c3ccccc3)c(N(c3ccc(-c4ccccc4)cc3)c3ccc4ccc5ccccc5c4c3)cc21. The number of nitrogens with zero attached hydrogens (tertiary/aromatic N) is 3. The molecule has 1 heterocycles. The second-order valence-electron chi connectivity index (χ2n) is 17.4. The van der Waals surface area contributed by atoms with Crippen molar-refractivity contribution in [3.8, 4) is 33.4 Å². The molecule has 63 heavy (non-hydrogen) atoms. The first-order valence-electron chi connectivity index (χ1n) is 22.0. The quantitative estimate of drug-likeness (QED) is 0.149. The number of benzene rings is 10. The standard InChI is InChI=1S/C60H45N3/c1-60(2)55-27-15-14-25-50(55)53-38-54(51-26-16-28-57-59(51)62(46-22-10-5-11-23-46)40-61(57)45-20-8-4-9-21-45)58(39-56(53)60)63(47-34-31-42(32-35-47)41-17-6-3-7-18-41)48-36-33-44-30-29-43-19-12-13-24-49(43)52(44)37-48/h3-39H,40H2,1-2H3. The fourth-order valence-corrected chi connectivity index (χ4v) is 10.3. The molecule has 0 unspecified atom stereocenters. The molecule has 3 heteroatoms. The predicted octanol–water partition coefficient (Wildman–Crippen LogP) is 16.4. The lowest BCUT2D eigenvalue weighted by Crippen LogP contribution is -2.24. The van der Waals surface area contributed by atoms with Gasteiger partial charge in [0.05, 0.1) is 17.1 Å². The monoisotopic (exact) mass is 807 g/mol. The Labute approximate surface area is 369 Å². The van der Waals surface area contributed by atoms with Crippen LogP contribution in [0, 0.1) is 0 Å². The Hall–Kier alpha value is -7.88. The summed E-state index contributed by atoms with van der Waals surface area (Å²) in [5, 5.41) is 4.95. The minimum Gasteiger partial charge on any atom is -0.321 e. The lowest BCUT2D eigenvalue weighted by Gasteiger charge is -2.32. The van der Waals surface area contributed by atoms with Gasteiger partial charge in [0.15, 0.2) is 0 Å². The molecule has 12 rings (SSSR count). The molecule has 10 aromatic rings. The zero-order valence-corrected chi connectivity index (χ0v) is 35.4. The number of para-hydroxylation sites is 3. The van der Waals surface area contributed by atoms with E-state index in [1.54, 1.807) is 0 Å². The van der Waals surface area contributed by atoms with E-state index >= 15 is 0 Å². The average Bonchev–Trinajstić information content (AvgIpc) is 3.85. The highest BCUT2D eigenvalue weighted by atomic mass is 15.4. The first-order chi connectivity index (χ1) is 31.0. The molecule has 0 spiro atoms. The van der Waals surface area contributed by atoms with Gasteiger partial charge in [0.2, 0.25) is 0 Å². The molecule has 3 nitrogen and oxygen atoms in total. The predicted molar refractivity (Wildman–Crippen MR) is 267 cm³/mol. The van der Waals surface area contributed by atoms with Crippen LogP contribution in [0.1, 0.15) is 25.0 Å². The number of rotatable bonds is 7. The molecule has 0 saturated carbocycles. The van der Waals surface area contributed by atoms with E-state index in [1.165, 1.54) is 83.1 Å². The molecule has 10 aromatic carbocycles. The largest absolute Gasteiger partial charge is 0.321 e. The van der Waals surface area contributed by atoms with E-state index in [9.17, 15) is 0 Å². The molecule has 0 bridgehead atoms. The third-order valence-corrected chi connectivity index (χ3v) is 13.4. The number of hydrogen-bond acceptors (Lipinski definition) is 3. The molecule has 0 amide bonds. The summed E-state index contributed by atoms with van der Waals surface area (Å²) in [6, 6.07) is 82.6. The molecule has 1 aliphatic carbocycles. The zero-order valence-electron chi connectivity index (χ0n) is 35.4. The van der Waals surface area contributed by atoms with Crippen LogP contribution in [-0.2, 0) is 5.41 Å². The Balaban J connectivity index is 1.16. The van der Waals surface area contributed by atoms with Crippen molar-refractivity contribution in [2.45, 2.75) is 19.3 Å². The van der Waals surface area contributed by atoms with Crippen molar-refractivity contribution in [3.05, 3.63) is 236 Å². The van der Waals surface area contributed by atoms with E-state index in [4.69, 9.17) is 0 Å². The minimum absolute atomic E-state index is 0.208. The van der Waals surface area contributed by atoms with E-state index in [-0.39, 0.29) is 5.41 Å². The van der Waals surface area contributed by atoms with Crippen molar-refractivity contribution in [3.63, 3.8) is 0 Å². The van der Waals surface area contributed by atoms with Crippen molar-refractivity contribution in [2.75, 3.05) is 21.4 Å². The highest BCUT2D eigenvalue weighted by Gasteiger charge is 2.38. The fourth-order valence-electron chi connectivity index (χ4n) is 10.3. The van der Waals surface area contributed by atoms with E-state index in [2.05, 4.69) is 253 Å². The lowest BCUT2D eigenvalue weighted by atomic mass is 9.81. The zero-order chi connectivity index (χ0) is 42.1. The Morgan fingerprint density at radius 3 is 1.75 bits per heavy atom. The van der Waals surface area contributed by atoms with Crippen molar-refractivity contribution < 1.29 is 0 Å². The van der Waals surface area contributed by atoms with Crippen LogP contribution in [-0.4, -0.2) is 6.67 Å². The van der Waals surface area contributed by atoms with Crippen LogP contribution in [0.5, 0.6) is 0 Å². The second-order valence-corrected chi connectivity index (χ2v) is 17.4. The van der Waals surface area contributed by atoms with Crippen molar-refractivity contribution >= 4 is 61.4 Å². The summed E-state index contributed by atoms with van der Waals surface area (Å²) in [5.41, 5.74) is 17.9. The van der Waals surface area contributed by atoms with Gasteiger partial charge in [-0.2, -0.15) is 0 Å². The Bertz CT molecular complexity index is 3340. The van der Waals surface area contributed by atoms with Gasteiger partial charge in [-0.1, -0.05) is 172 Å².